The summed E-state index contributed by atoms with van der Waals surface area (Å²) in [6.07, 6.45) is 3.54. The van der Waals surface area contributed by atoms with Crippen molar-refractivity contribution in [3.8, 4) is 0 Å². The average molecular weight is 216 g/mol. The van der Waals surface area contributed by atoms with Crippen molar-refractivity contribution in [3.05, 3.63) is 42.0 Å². The first-order valence-electron chi connectivity index (χ1n) is 5.56. The Labute approximate surface area is 95.6 Å². The van der Waals surface area contributed by atoms with Gasteiger partial charge in [-0.2, -0.15) is 0 Å². The number of hydrogen-bond donors (Lipinski definition) is 2. The van der Waals surface area contributed by atoms with Gasteiger partial charge < -0.3 is 10.6 Å². The van der Waals surface area contributed by atoms with Gasteiger partial charge in [-0.25, -0.2) is 0 Å². The minimum Gasteiger partial charge on any atom is -0.385 e. The van der Waals surface area contributed by atoms with Gasteiger partial charge in [0.1, 0.15) is 0 Å². The Hall–Kier alpha value is -1.77. The first-order chi connectivity index (χ1) is 7.81. The average Bonchev–Trinajstić information content (AvgIpc) is 2.35. The van der Waals surface area contributed by atoms with Gasteiger partial charge in [-0.15, -0.1) is 0 Å². The standard InChI is InChI=1S/C13H16N2O/c1-2-13(16)15-9-10-5-3-7-12-11(10)6-4-8-14-12/h2-3,5,7,14H,1,4,6,8-9H2,(H,15,16). The molecule has 0 aliphatic carbocycles. The zero-order valence-electron chi connectivity index (χ0n) is 9.25. The lowest BCUT2D eigenvalue weighted by atomic mass is 9.97. The molecule has 1 heterocycles. The third-order valence-corrected chi connectivity index (χ3v) is 2.83. The Morgan fingerprint density at radius 3 is 3.25 bits per heavy atom. The number of carbonyl (C=O) groups excluding carboxylic acids is 1. The lowest BCUT2D eigenvalue weighted by Gasteiger charge is -2.21. The van der Waals surface area contributed by atoms with Crippen LogP contribution in [0.25, 0.3) is 0 Å². The summed E-state index contributed by atoms with van der Waals surface area (Å²) >= 11 is 0. The van der Waals surface area contributed by atoms with E-state index in [1.165, 1.54) is 22.9 Å². The van der Waals surface area contributed by atoms with Crippen LogP contribution in [-0.4, -0.2) is 12.5 Å². The smallest absolute Gasteiger partial charge is 0.243 e. The van der Waals surface area contributed by atoms with Crippen LogP contribution in [0.15, 0.2) is 30.9 Å². The van der Waals surface area contributed by atoms with E-state index in [4.69, 9.17) is 0 Å². The molecule has 2 N–H and O–H groups in total. The predicted molar refractivity (Wildman–Crippen MR) is 65.3 cm³/mol. The number of benzene rings is 1. The lowest BCUT2D eigenvalue weighted by molar-refractivity contribution is -0.116. The molecule has 3 heteroatoms. The molecule has 0 saturated heterocycles. The van der Waals surface area contributed by atoms with Crippen LogP contribution in [0.5, 0.6) is 0 Å². The summed E-state index contributed by atoms with van der Waals surface area (Å²) < 4.78 is 0. The van der Waals surface area contributed by atoms with Crippen molar-refractivity contribution in [3.63, 3.8) is 0 Å². The molecule has 0 radical (unpaired) electrons. The highest BCUT2D eigenvalue weighted by Gasteiger charge is 2.12. The van der Waals surface area contributed by atoms with Crippen LogP contribution in [0.2, 0.25) is 0 Å². The van der Waals surface area contributed by atoms with Gasteiger partial charge in [-0.3, -0.25) is 4.79 Å². The normalized spacial score (nSPS) is 13.5. The van der Waals surface area contributed by atoms with E-state index in [0.29, 0.717) is 6.54 Å². The number of amides is 1. The van der Waals surface area contributed by atoms with Crippen LogP contribution < -0.4 is 10.6 Å². The molecule has 0 unspecified atom stereocenters. The summed E-state index contributed by atoms with van der Waals surface area (Å²) in [7, 11) is 0. The van der Waals surface area contributed by atoms with E-state index >= 15 is 0 Å². The molecule has 16 heavy (non-hydrogen) atoms. The highest BCUT2D eigenvalue weighted by molar-refractivity contribution is 5.86. The summed E-state index contributed by atoms with van der Waals surface area (Å²) in [5, 5.41) is 6.19. The molecule has 0 aromatic heterocycles. The molecular weight excluding hydrogens is 200 g/mol. The molecule has 0 bridgehead atoms. The van der Waals surface area contributed by atoms with Gasteiger partial charge >= 0.3 is 0 Å². The molecule has 3 nitrogen and oxygen atoms in total. The van der Waals surface area contributed by atoms with Crippen LogP contribution in [-0.2, 0) is 17.8 Å². The third-order valence-electron chi connectivity index (χ3n) is 2.83. The zero-order chi connectivity index (χ0) is 11.4. The quantitative estimate of drug-likeness (QED) is 0.757. The van der Waals surface area contributed by atoms with Crippen LogP contribution in [0, 0.1) is 0 Å². The topological polar surface area (TPSA) is 41.1 Å². The molecule has 0 spiro atoms. The van der Waals surface area contributed by atoms with Gasteiger partial charge in [0.05, 0.1) is 0 Å². The van der Waals surface area contributed by atoms with Gasteiger partial charge in [0.15, 0.2) is 0 Å². The van der Waals surface area contributed by atoms with E-state index < -0.39 is 0 Å². The van der Waals surface area contributed by atoms with Crippen molar-refractivity contribution in [2.24, 2.45) is 0 Å². The molecule has 1 aliphatic rings. The Kier molecular flexibility index (Phi) is 3.25. The fourth-order valence-corrected chi connectivity index (χ4v) is 2.00. The Balaban J connectivity index is 2.14. The van der Waals surface area contributed by atoms with Crippen LogP contribution in [0.4, 0.5) is 5.69 Å². The number of anilines is 1. The summed E-state index contributed by atoms with van der Waals surface area (Å²) in [5.41, 5.74) is 3.73. The number of hydrogen-bond acceptors (Lipinski definition) is 2. The maximum absolute atomic E-state index is 11.1. The molecule has 2 rings (SSSR count). The van der Waals surface area contributed by atoms with E-state index in [1.807, 2.05) is 6.07 Å². The number of nitrogens with one attached hydrogen (secondary N) is 2. The maximum Gasteiger partial charge on any atom is 0.243 e. The largest absolute Gasteiger partial charge is 0.385 e. The van der Waals surface area contributed by atoms with E-state index in [-0.39, 0.29) is 5.91 Å². The van der Waals surface area contributed by atoms with Gasteiger partial charge in [0.2, 0.25) is 5.91 Å². The van der Waals surface area contributed by atoms with E-state index in [9.17, 15) is 4.79 Å². The summed E-state index contributed by atoms with van der Waals surface area (Å²) in [4.78, 5) is 11.1. The van der Waals surface area contributed by atoms with Gasteiger partial charge in [-0.05, 0) is 36.1 Å². The minimum atomic E-state index is -0.124. The Morgan fingerprint density at radius 1 is 1.56 bits per heavy atom. The first-order valence-corrected chi connectivity index (χ1v) is 5.56. The number of fused-ring (bicyclic) bond motifs is 1. The SMILES string of the molecule is C=CC(=O)NCc1cccc2c1CCCN2. The van der Waals surface area contributed by atoms with Gasteiger partial charge in [-0.1, -0.05) is 18.7 Å². The number of carbonyl (C=O) groups is 1. The first kappa shape index (κ1) is 10.7. The van der Waals surface area contributed by atoms with E-state index in [2.05, 4.69) is 29.3 Å². The molecule has 1 aromatic carbocycles. The van der Waals surface area contributed by atoms with Crippen molar-refractivity contribution in [2.45, 2.75) is 19.4 Å². The summed E-state index contributed by atoms with van der Waals surface area (Å²) in [6, 6.07) is 6.18. The monoisotopic (exact) mass is 216 g/mol. The number of rotatable bonds is 3. The highest BCUT2D eigenvalue weighted by atomic mass is 16.1. The minimum absolute atomic E-state index is 0.124. The Bertz CT molecular complexity index is 412. The maximum atomic E-state index is 11.1. The van der Waals surface area contributed by atoms with Crippen molar-refractivity contribution in [2.75, 3.05) is 11.9 Å². The highest BCUT2D eigenvalue weighted by Crippen LogP contribution is 2.25. The van der Waals surface area contributed by atoms with Gasteiger partial charge in [0, 0.05) is 18.8 Å². The van der Waals surface area contributed by atoms with Crippen molar-refractivity contribution in [1.82, 2.24) is 5.32 Å². The molecular formula is C13H16N2O. The molecule has 1 aliphatic heterocycles. The lowest BCUT2D eigenvalue weighted by Crippen LogP contribution is -2.22. The Morgan fingerprint density at radius 2 is 2.44 bits per heavy atom. The third kappa shape index (κ3) is 2.24. The molecule has 84 valence electrons. The van der Waals surface area contributed by atoms with Crippen LogP contribution >= 0.6 is 0 Å². The molecule has 1 amide bonds. The molecule has 0 fully saturated rings. The van der Waals surface area contributed by atoms with Crippen LogP contribution in [0.1, 0.15) is 17.5 Å². The second-order valence-electron chi connectivity index (χ2n) is 3.90. The van der Waals surface area contributed by atoms with E-state index in [1.54, 1.807) is 0 Å². The fourth-order valence-electron chi connectivity index (χ4n) is 2.00. The van der Waals surface area contributed by atoms with Crippen molar-refractivity contribution < 1.29 is 4.79 Å². The van der Waals surface area contributed by atoms with Crippen molar-refractivity contribution in [1.29, 1.82) is 0 Å². The van der Waals surface area contributed by atoms with Crippen LogP contribution in [0.3, 0.4) is 0 Å². The zero-order valence-corrected chi connectivity index (χ0v) is 9.25. The molecule has 0 saturated carbocycles. The summed E-state index contributed by atoms with van der Waals surface area (Å²) in [5.74, 6) is -0.124. The predicted octanol–water partition coefficient (Wildman–Crippen LogP) is 1.85. The van der Waals surface area contributed by atoms with Crippen molar-refractivity contribution >= 4 is 11.6 Å². The second kappa shape index (κ2) is 4.84. The summed E-state index contributed by atoms with van der Waals surface area (Å²) in [6.45, 7) is 5.05. The molecule has 1 aromatic rings. The second-order valence-corrected chi connectivity index (χ2v) is 3.90. The molecule has 0 atom stereocenters. The van der Waals surface area contributed by atoms with Gasteiger partial charge in [0.25, 0.3) is 0 Å². The fraction of sp³-hybridized carbons (Fsp3) is 0.308. The van der Waals surface area contributed by atoms with E-state index in [0.717, 1.165) is 19.4 Å².